The molecule has 0 aromatic heterocycles. The summed E-state index contributed by atoms with van der Waals surface area (Å²) >= 11 is 0. The summed E-state index contributed by atoms with van der Waals surface area (Å²) in [4.78, 5) is 0. The normalized spacial score (nSPS) is 16.9. The van der Waals surface area contributed by atoms with Gasteiger partial charge in [0.2, 0.25) is 0 Å². The van der Waals surface area contributed by atoms with Crippen molar-refractivity contribution in [2.45, 2.75) is 0 Å². The molecule has 0 aliphatic carbocycles. The van der Waals surface area contributed by atoms with Gasteiger partial charge in [-0.05, 0) is 25.9 Å². The lowest BCUT2D eigenvalue weighted by molar-refractivity contribution is 0.281. The van der Waals surface area contributed by atoms with Crippen molar-refractivity contribution in [3.8, 4) is 0 Å². The lowest BCUT2D eigenvalue weighted by Gasteiger charge is -2.49. The SMILES string of the molecule is c1ccc([SiH]2O[Si](c3ccccc3)(c3ccccc3)O[Si](c3ccccc3)(c3ccccc3)O2)cc1. The van der Waals surface area contributed by atoms with E-state index in [9.17, 15) is 0 Å². The smallest absolute Gasteiger partial charge is 0.390 e. The first-order chi connectivity index (χ1) is 17.8. The van der Waals surface area contributed by atoms with Crippen molar-refractivity contribution in [3.05, 3.63) is 152 Å². The maximum Gasteiger partial charge on any atom is 0.390 e. The summed E-state index contributed by atoms with van der Waals surface area (Å²) in [6, 6.07) is 52.4. The van der Waals surface area contributed by atoms with Crippen LogP contribution in [0.2, 0.25) is 0 Å². The molecule has 0 bridgehead atoms. The molecule has 176 valence electrons. The highest BCUT2D eigenvalue weighted by atomic mass is 28.5. The van der Waals surface area contributed by atoms with Gasteiger partial charge in [-0.2, -0.15) is 0 Å². The summed E-state index contributed by atoms with van der Waals surface area (Å²) in [6.45, 7) is 0. The average Bonchev–Trinajstić information content (AvgIpc) is 2.99. The zero-order valence-corrected chi connectivity index (χ0v) is 22.9. The molecule has 1 heterocycles. The fraction of sp³-hybridized carbons (Fsp3) is 0. The minimum Gasteiger partial charge on any atom is -0.408 e. The number of hydrogen-bond donors (Lipinski definition) is 0. The van der Waals surface area contributed by atoms with Crippen molar-refractivity contribution in [1.29, 1.82) is 0 Å². The van der Waals surface area contributed by atoms with E-state index in [1.807, 2.05) is 30.3 Å². The Kier molecular flexibility index (Phi) is 6.37. The van der Waals surface area contributed by atoms with Gasteiger partial charge in [0.1, 0.15) is 0 Å². The number of hydrogen-bond acceptors (Lipinski definition) is 3. The third-order valence-electron chi connectivity index (χ3n) is 6.52. The van der Waals surface area contributed by atoms with Gasteiger partial charge in [-0.15, -0.1) is 0 Å². The molecular weight excluding hydrogens is 493 g/mol. The van der Waals surface area contributed by atoms with Crippen molar-refractivity contribution < 1.29 is 12.3 Å². The molecule has 3 nitrogen and oxygen atoms in total. The van der Waals surface area contributed by atoms with Gasteiger partial charge in [-0.3, -0.25) is 0 Å². The Balaban J connectivity index is 1.66. The molecular formula is C30H26O3Si3. The van der Waals surface area contributed by atoms with E-state index in [-0.39, 0.29) is 0 Å². The second kappa shape index (κ2) is 9.94. The Labute approximate surface area is 215 Å². The summed E-state index contributed by atoms with van der Waals surface area (Å²) < 4.78 is 21.9. The molecule has 5 aromatic carbocycles. The minimum absolute atomic E-state index is 1.09. The van der Waals surface area contributed by atoms with Crippen LogP contribution in [0.5, 0.6) is 0 Å². The molecule has 36 heavy (non-hydrogen) atoms. The zero-order valence-electron chi connectivity index (χ0n) is 19.7. The molecule has 1 saturated heterocycles. The Hall–Kier alpha value is -3.37. The molecule has 0 radical (unpaired) electrons. The predicted molar refractivity (Wildman–Crippen MR) is 152 cm³/mol. The summed E-state index contributed by atoms with van der Waals surface area (Å²) in [5, 5.41) is 5.50. The first-order valence-electron chi connectivity index (χ1n) is 12.1. The second-order valence-electron chi connectivity index (χ2n) is 8.78. The van der Waals surface area contributed by atoms with E-state index < -0.39 is 26.4 Å². The van der Waals surface area contributed by atoms with Crippen LogP contribution in [0.3, 0.4) is 0 Å². The maximum atomic E-state index is 7.53. The molecule has 0 saturated carbocycles. The maximum absolute atomic E-state index is 7.53. The van der Waals surface area contributed by atoms with Crippen LogP contribution in [0.1, 0.15) is 0 Å². The van der Waals surface area contributed by atoms with Crippen LogP contribution in [0, 0.1) is 0 Å². The van der Waals surface area contributed by atoms with Gasteiger partial charge in [-0.1, -0.05) is 152 Å². The Bertz CT molecular complexity index is 1230. The monoisotopic (exact) mass is 518 g/mol. The molecule has 0 N–H and O–H groups in total. The molecule has 5 aromatic rings. The minimum atomic E-state index is -3.18. The van der Waals surface area contributed by atoms with Gasteiger partial charge < -0.3 is 12.3 Å². The van der Waals surface area contributed by atoms with Crippen LogP contribution in [0.4, 0.5) is 0 Å². The molecule has 1 aliphatic heterocycles. The molecule has 0 amide bonds. The Morgan fingerprint density at radius 3 is 0.944 bits per heavy atom. The summed E-state index contributed by atoms with van der Waals surface area (Å²) in [5.41, 5.74) is 0. The highest BCUT2D eigenvalue weighted by Crippen LogP contribution is 2.26. The van der Waals surface area contributed by atoms with Gasteiger partial charge >= 0.3 is 26.4 Å². The first-order valence-corrected chi connectivity index (χ1v) is 17.3. The van der Waals surface area contributed by atoms with E-state index in [1.165, 1.54) is 0 Å². The van der Waals surface area contributed by atoms with Gasteiger partial charge in [0.25, 0.3) is 0 Å². The zero-order chi connectivity index (χ0) is 24.3. The highest BCUT2D eigenvalue weighted by molar-refractivity contribution is 7.10. The number of benzene rings is 5. The van der Waals surface area contributed by atoms with Gasteiger partial charge in [0.15, 0.2) is 0 Å². The lowest BCUT2D eigenvalue weighted by Crippen LogP contribution is -2.82. The predicted octanol–water partition coefficient (Wildman–Crippen LogP) is 2.69. The fourth-order valence-corrected chi connectivity index (χ4v) is 19.6. The van der Waals surface area contributed by atoms with E-state index in [2.05, 4.69) is 121 Å². The van der Waals surface area contributed by atoms with E-state index in [0.717, 1.165) is 25.9 Å². The topological polar surface area (TPSA) is 27.7 Å². The molecule has 0 spiro atoms. The fourth-order valence-electron chi connectivity index (χ4n) is 4.79. The largest absolute Gasteiger partial charge is 0.408 e. The van der Waals surface area contributed by atoms with E-state index in [0.29, 0.717) is 0 Å². The van der Waals surface area contributed by atoms with Crippen LogP contribution in [-0.2, 0) is 12.3 Å². The third-order valence-corrected chi connectivity index (χ3v) is 18.5. The quantitative estimate of drug-likeness (QED) is 0.335. The van der Waals surface area contributed by atoms with Crippen molar-refractivity contribution >= 4 is 52.3 Å². The molecule has 6 rings (SSSR count). The van der Waals surface area contributed by atoms with E-state index in [1.54, 1.807) is 0 Å². The van der Waals surface area contributed by atoms with Crippen LogP contribution in [-0.4, -0.2) is 26.4 Å². The molecule has 0 unspecified atom stereocenters. The number of rotatable bonds is 5. The summed E-state index contributed by atoms with van der Waals surface area (Å²) in [7, 11) is -8.78. The molecule has 6 heteroatoms. The van der Waals surface area contributed by atoms with Gasteiger partial charge in [-0.25, -0.2) is 0 Å². The summed E-state index contributed by atoms with van der Waals surface area (Å²) in [5.74, 6) is 0. The first kappa shape index (κ1) is 23.1. The van der Waals surface area contributed by atoms with Crippen LogP contribution < -0.4 is 25.9 Å². The molecule has 1 fully saturated rings. The standard InChI is InChI=1S/C30H26O3Si3/c1-6-16-26(17-7-1)34-31-35(27-18-8-2-9-19-27,28-20-10-3-11-21-28)33-36(32-34,29-22-12-4-13-23-29)30-24-14-5-15-25-30/h1-25,34H. The average molecular weight is 519 g/mol. The Morgan fingerprint density at radius 2 is 0.639 bits per heavy atom. The Morgan fingerprint density at radius 1 is 0.361 bits per heavy atom. The van der Waals surface area contributed by atoms with E-state index >= 15 is 0 Å². The van der Waals surface area contributed by atoms with E-state index in [4.69, 9.17) is 12.3 Å². The van der Waals surface area contributed by atoms with Crippen molar-refractivity contribution in [2.24, 2.45) is 0 Å². The van der Waals surface area contributed by atoms with Crippen LogP contribution in [0.25, 0.3) is 0 Å². The lowest BCUT2D eigenvalue weighted by atomic mass is 10.4. The van der Waals surface area contributed by atoms with Crippen molar-refractivity contribution in [2.75, 3.05) is 0 Å². The van der Waals surface area contributed by atoms with Gasteiger partial charge in [0, 0.05) is 0 Å². The van der Waals surface area contributed by atoms with Crippen LogP contribution >= 0.6 is 0 Å². The van der Waals surface area contributed by atoms with Crippen molar-refractivity contribution in [3.63, 3.8) is 0 Å². The molecule has 0 atom stereocenters. The van der Waals surface area contributed by atoms with Crippen LogP contribution in [0.15, 0.2) is 152 Å². The third kappa shape index (κ3) is 4.14. The van der Waals surface area contributed by atoms with Crippen molar-refractivity contribution in [1.82, 2.24) is 0 Å². The second-order valence-corrected chi connectivity index (χ2v) is 17.6. The summed E-state index contributed by atoms with van der Waals surface area (Å²) in [6.07, 6.45) is 0. The van der Waals surface area contributed by atoms with Gasteiger partial charge in [0.05, 0.1) is 0 Å². The highest BCUT2D eigenvalue weighted by Gasteiger charge is 2.60. The molecule has 1 aliphatic rings.